The van der Waals surface area contributed by atoms with Gasteiger partial charge in [-0.2, -0.15) is 5.10 Å². The largest absolute Gasteiger partial charge is 0.457 e. The van der Waals surface area contributed by atoms with Crippen LogP contribution in [0.4, 0.5) is 5.82 Å². The van der Waals surface area contributed by atoms with E-state index in [2.05, 4.69) is 15.3 Å². The zero-order chi connectivity index (χ0) is 25.9. The smallest absolute Gasteiger partial charge is 0.237 e. The number of halogens is 1. The summed E-state index contributed by atoms with van der Waals surface area (Å²) >= 11 is 0. The molecular formula is C28H34ClN7O2. The number of aromatic nitrogens is 4. The van der Waals surface area contributed by atoms with Crippen molar-refractivity contribution < 1.29 is 9.53 Å². The number of para-hydroxylation sites is 1. The summed E-state index contributed by atoms with van der Waals surface area (Å²) in [5, 5.41) is 8.85. The Balaban J connectivity index is 0.00000336. The SMILES string of the molecule is CC(C)[C@H](N)C(=O)NC1CCC(n2nc(-c3ccc(Oc4ccccc4)cc3)c3c(N)ncnc32)CC1.Cl. The van der Waals surface area contributed by atoms with Crippen molar-refractivity contribution in [3.8, 4) is 22.8 Å². The molecule has 1 aliphatic carbocycles. The molecule has 1 fully saturated rings. The maximum absolute atomic E-state index is 12.4. The van der Waals surface area contributed by atoms with E-state index in [4.69, 9.17) is 21.3 Å². The molecule has 38 heavy (non-hydrogen) atoms. The van der Waals surface area contributed by atoms with Gasteiger partial charge in [0.2, 0.25) is 5.91 Å². The minimum atomic E-state index is -0.487. The quantitative estimate of drug-likeness (QED) is 0.307. The molecule has 1 atom stereocenters. The third kappa shape index (κ3) is 5.74. The second-order valence-corrected chi connectivity index (χ2v) is 9.97. The molecule has 1 amide bonds. The summed E-state index contributed by atoms with van der Waals surface area (Å²) in [6.07, 6.45) is 4.92. The molecule has 200 valence electrons. The summed E-state index contributed by atoms with van der Waals surface area (Å²) in [4.78, 5) is 21.2. The molecule has 2 heterocycles. The molecule has 0 aliphatic heterocycles. The molecule has 0 saturated heterocycles. The van der Waals surface area contributed by atoms with E-state index in [-0.39, 0.29) is 36.3 Å². The van der Waals surface area contributed by atoms with E-state index >= 15 is 0 Å². The van der Waals surface area contributed by atoms with E-state index in [9.17, 15) is 4.79 Å². The Hall–Kier alpha value is -3.69. The second-order valence-electron chi connectivity index (χ2n) is 9.97. The van der Waals surface area contributed by atoms with Gasteiger partial charge in [0.25, 0.3) is 0 Å². The minimum absolute atomic E-state index is 0. The number of carbonyl (C=O) groups excluding carboxylic acids is 1. The summed E-state index contributed by atoms with van der Waals surface area (Å²) in [5.74, 6) is 1.94. The summed E-state index contributed by atoms with van der Waals surface area (Å²) in [6, 6.07) is 17.2. The van der Waals surface area contributed by atoms with Crippen molar-refractivity contribution in [3.05, 3.63) is 60.9 Å². The summed E-state index contributed by atoms with van der Waals surface area (Å²) in [7, 11) is 0. The average molecular weight is 536 g/mol. The van der Waals surface area contributed by atoms with Crippen LogP contribution in [0.25, 0.3) is 22.3 Å². The van der Waals surface area contributed by atoms with Crippen LogP contribution in [0.2, 0.25) is 0 Å². The van der Waals surface area contributed by atoms with E-state index < -0.39 is 6.04 Å². The highest BCUT2D eigenvalue weighted by Crippen LogP contribution is 2.36. The van der Waals surface area contributed by atoms with Gasteiger partial charge in [0.1, 0.15) is 29.3 Å². The third-order valence-electron chi connectivity index (χ3n) is 7.03. The van der Waals surface area contributed by atoms with Crippen molar-refractivity contribution in [1.82, 2.24) is 25.1 Å². The predicted octanol–water partition coefficient (Wildman–Crippen LogP) is 4.87. The molecule has 4 aromatic rings. The number of anilines is 1. The number of nitrogen functional groups attached to an aromatic ring is 1. The fourth-order valence-corrected chi connectivity index (χ4v) is 4.82. The number of ether oxygens (including phenoxy) is 1. The van der Waals surface area contributed by atoms with Gasteiger partial charge in [-0.25, -0.2) is 14.6 Å². The molecule has 10 heteroatoms. The first-order chi connectivity index (χ1) is 17.9. The van der Waals surface area contributed by atoms with E-state index in [0.29, 0.717) is 5.82 Å². The van der Waals surface area contributed by atoms with Gasteiger partial charge in [-0.1, -0.05) is 32.0 Å². The number of nitrogens with one attached hydrogen (secondary N) is 1. The minimum Gasteiger partial charge on any atom is -0.457 e. The number of hydrogen-bond acceptors (Lipinski definition) is 7. The van der Waals surface area contributed by atoms with Crippen molar-refractivity contribution in [2.45, 2.75) is 57.7 Å². The Morgan fingerprint density at radius 3 is 2.32 bits per heavy atom. The second kappa shape index (κ2) is 11.8. The lowest BCUT2D eigenvalue weighted by atomic mass is 9.90. The molecule has 1 aliphatic rings. The first kappa shape index (κ1) is 27.3. The van der Waals surface area contributed by atoms with Crippen LogP contribution in [-0.2, 0) is 4.79 Å². The highest BCUT2D eigenvalue weighted by molar-refractivity contribution is 5.98. The standard InChI is InChI=1S/C28H33N7O2.ClH/c1-17(2)24(29)28(36)33-19-10-12-20(13-11-19)35-27-23(26(30)31-16-32-27)25(34-35)18-8-14-22(15-9-18)37-21-6-4-3-5-7-21;/h3-9,14-17,19-20,24H,10-13,29H2,1-2H3,(H,33,36)(H2,30,31,32);1H/t19?,20?,24-;/m0./s1. The summed E-state index contributed by atoms with van der Waals surface area (Å²) < 4.78 is 7.91. The molecule has 0 spiro atoms. The lowest BCUT2D eigenvalue weighted by Crippen LogP contribution is -2.48. The number of hydrogen-bond donors (Lipinski definition) is 3. The topological polar surface area (TPSA) is 134 Å². The number of amides is 1. The zero-order valence-electron chi connectivity index (χ0n) is 21.6. The normalized spacial score (nSPS) is 18.1. The molecule has 2 aromatic heterocycles. The van der Waals surface area contributed by atoms with Gasteiger partial charge in [-0.15, -0.1) is 12.4 Å². The van der Waals surface area contributed by atoms with Crippen molar-refractivity contribution in [2.24, 2.45) is 11.7 Å². The molecular weight excluding hydrogens is 502 g/mol. The van der Waals surface area contributed by atoms with Gasteiger partial charge in [0.15, 0.2) is 5.65 Å². The van der Waals surface area contributed by atoms with Gasteiger partial charge in [-0.05, 0) is 68.0 Å². The van der Waals surface area contributed by atoms with Crippen LogP contribution in [0.3, 0.4) is 0 Å². The Kier molecular flexibility index (Phi) is 8.48. The molecule has 0 radical (unpaired) electrons. The molecule has 0 unspecified atom stereocenters. The molecule has 5 rings (SSSR count). The van der Waals surface area contributed by atoms with Crippen molar-refractivity contribution in [1.29, 1.82) is 0 Å². The Bertz CT molecular complexity index is 1370. The molecule has 9 nitrogen and oxygen atoms in total. The Morgan fingerprint density at radius 2 is 1.66 bits per heavy atom. The molecule has 1 saturated carbocycles. The number of nitrogens with zero attached hydrogens (tertiary/aromatic N) is 4. The summed E-state index contributed by atoms with van der Waals surface area (Å²) in [6.45, 7) is 3.91. The number of rotatable bonds is 7. The maximum Gasteiger partial charge on any atom is 0.237 e. The molecule has 2 aromatic carbocycles. The van der Waals surface area contributed by atoms with Crippen molar-refractivity contribution in [3.63, 3.8) is 0 Å². The van der Waals surface area contributed by atoms with Gasteiger partial charge < -0.3 is 21.5 Å². The van der Waals surface area contributed by atoms with Crippen LogP contribution in [0.5, 0.6) is 11.5 Å². The van der Waals surface area contributed by atoms with Gasteiger partial charge >= 0.3 is 0 Å². The fourth-order valence-electron chi connectivity index (χ4n) is 4.82. The van der Waals surface area contributed by atoms with Gasteiger partial charge in [-0.3, -0.25) is 4.79 Å². The zero-order valence-corrected chi connectivity index (χ0v) is 22.4. The van der Waals surface area contributed by atoms with E-state index in [1.54, 1.807) is 0 Å². The van der Waals surface area contributed by atoms with E-state index in [1.807, 2.05) is 73.1 Å². The van der Waals surface area contributed by atoms with Crippen molar-refractivity contribution in [2.75, 3.05) is 5.73 Å². The van der Waals surface area contributed by atoms with Crippen LogP contribution in [0.1, 0.15) is 45.6 Å². The van der Waals surface area contributed by atoms with E-state index in [0.717, 1.165) is 59.5 Å². The van der Waals surface area contributed by atoms with Crippen molar-refractivity contribution >= 4 is 35.2 Å². The first-order valence-corrected chi connectivity index (χ1v) is 12.8. The molecule has 0 bridgehead atoms. The lowest BCUT2D eigenvalue weighted by molar-refractivity contribution is -0.124. The van der Waals surface area contributed by atoms with E-state index in [1.165, 1.54) is 6.33 Å². The van der Waals surface area contributed by atoms with Crippen LogP contribution >= 0.6 is 12.4 Å². The maximum atomic E-state index is 12.4. The first-order valence-electron chi connectivity index (χ1n) is 12.8. The summed E-state index contributed by atoms with van der Waals surface area (Å²) in [5.41, 5.74) is 14.7. The van der Waals surface area contributed by atoms with Gasteiger partial charge in [0, 0.05) is 11.6 Å². The predicted molar refractivity (Wildman–Crippen MR) is 151 cm³/mol. The number of nitrogens with two attached hydrogens (primary N) is 2. The van der Waals surface area contributed by atoms with Crippen LogP contribution < -0.4 is 21.5 Å². The van der Waals surface area contributed by atoms with Crippen LogP contribution in [0.15, 0.2) is 60.9 Å². The number of carbonyl (C=O) groups is 1. The fraction of sp³-hybridized carbons (Fsp3) is 0.357. The highest BCUT2D eigenvalue weighted by Gasteiger charge is 2.29. The average Bonchev–Trinajstić information content (AvgIpc) is 3.30. The number of benzene rings is 2. The highest BCUT2D eigenvalue weighted by atomic mass is 35.5. The van der Waals surface area contributed by atoms with Gasteiger partial charge in [0.05, 0.1) is 17.5 Å². The Morgan fingerprint density at radius 1 is 1.00 bits per heavy atom. The lowest BCUT2D eigenvalue weighted by Gasteiger charge is -2.30. The van der Waals surface area contributed by atoms with Crippen LogP contribution in [-0.4, -0.2) is 37.7 Å². The van der Waals surface area contributed by atoms with Crippen LogP contribution in [0, 0.1) is 5.92 Å². The third-order valence-corrected chi connectivity index (χ3v) is 7.03. The molecule has 5 N–H and O–H groups in total. The monoisotopic (exact) mass is 535 g/mol. The number of fused-ring (bicyclic) bond motifs is 1. The Labute approximate surface area is 228 Å².